The first-order valence-electron chi connectivity index (χ1n) is 9.52. The van der Waals surface area contributed by atoms with Crippen LogP contribution in [0.3, 0.4) is 0 Å². The number of rotatable bonds is 7. The van der Waals surface area contributed by atoms with Gasteiger partial charge in [-0.3, -0.25) is 4.79 Å². The topological polar surface area (TPSA) is 115 Å². The summed E-state index contributed by atoms with van der Waals surface area (Å²) in [6.07, 6.45) is 2.25. The number of aromatic carboxylic acids is 1. The molecule has 4 aromatic rings. The summed E-state index contributed by atoms with van der Waals surface area (Å²) in [7, 11) is 1.61. The number of pyridine rings is 1. The minimum absolute atomic E-state index is 0.00471. The van der Waals surface area contributed by atoms with Gasteiger partial charge >= 0.3 is 5.97 Å². The predicted octanol–water partition coefficient (Wildman–Crippen LogP) is 3.32. The molecule has 0 unspecified atom stereocenters. The van der Waals surface area contributed by atoms with Crippen molar-refractivity contribution in [2.75, 3.05) is 7.11 Å². The van der Waals surface area contributed by atoms with Gasteiger partial charge in [0.25, 0.3) is 0 Å². The van der Waals surface area contributed by atoms with Crippen molar-refractivity contribution < 1.29 is 24.5 Å². The molecule has 0 aliphatic heterocycles. The summed E-state index contributed by atoms with van der Waals surface area (Å²) < 4.78 is 6.91. The third-order valence-corrected chi connectivity index (χ3v) is 4.99. The molecule has 2 heterocycles. The number of phenolic OH excluding ortho intramolecular Hbond substituents is 1. The van der Waals surface area contributed by atoms with Crippen molar-refractivity contribution in [1.82, 2.24) is 14.5 Å². The Balaban J connectivity index is 1.68. The van der Waals surface area contributed by atoms with E-state index in [-0.39, 0.29) is 22.6 Å². The lowest BCUT2D eigenvalue weighted by Crippen LogP contribution is -2.13. The van der Waals surface area contributed by atoms with Crippen LogP contribution in [0.25, 0.3) is 11.2 Å². The first kappa shape index (κ1) is 20.1. The van der Waals surface area contributed by atoms with E-state index in [4.69, 9.17) is 4.74 Å². The molecule has 2 N–H and O–H groups in total. The van der Waals surface area contributed by atoms with E-state index in [1.165, 1.54) is 18.2 Å². The third-order valence-electron chi connectivity index (χ3n) is 4.99. The van der Waals surface area contributed by atoms with Crippen LogP contribution in [0.2, 0.25) is 0 Å². The Kier molecular flexibility index (Phi) is 5.36. The van der Waals surface area contributed by atoms with Gasteiger partial charge in [0.05, 0.1) is 24.6 Å². The molecule has 0 aliphatic carbocycles. The van der Waals surface area contributed by atoms with Crippen LogP contribution in [0.1, 0.15) is 32.0 Å². The van der Waals surface area contributed by atoms with Crippen LogP contribution in [-0.4, -0.2) is 43.6 Å². The maximum absolute atomic E-state index is 12.9. The van der Waals surface area contributed by atoms with Gasteiger partial charge in [-0.1, -0.05) is 24.3 Å². The molecule has 2 aromatic carbocycles. The number of para-hydroxylation sites is 1. The minimum atomic E-state index is -1.33. The number of benzene rings is 2. The molecule has 0 bridgehead atoms. The van der Waals surface area contributed by atoms with Crippen molar-refractivity contribution in [3.8, 4) is 11.5 Å². The molecule has 0 spiro atoms. The molecule has 0 saturated carbocycles. The van der Waals surface area contributed by atoms with Crippen LogP contribution in [0, 0.1) is 0 Å². The zero-order valence-electron chi connectivity index (χ0n) is 16.6. The Hall–Kier alpha value is -4.20. The number of phenols is 1. The average molecular weight is 417 g/mol. The van der Waals surface area contributed by atoms with Gasteiger partial charge < -0.3 is 19.5 Å². The molecule has 4 rings (SSSR count). The average Bonchev–Trinajstić information content (AvgIpc) is 3.19. The highest BCUT2D eigenvalue weighted by atomic mass is 16.5. The number of methoxy groups -OCH3 is 1. The van der Waals surface area contributed by atoms with Crippen molar-refractivity contribution in [2.24, 2.45) is 0 Å². The summed E-state index contributed by atoms with van der Waals surface area (Å²) in [6, 6.07) is 15.0. The maximum atomic E-state index is 12.9. The summed E-state index contributed by atoms with van der Waals surface area (Å²) in [5.74, 6) is -1.42. The molecule has 8 nitrogen and oxygen atoms in total. The van der Waals surface area contributed by atoms with Crippen LogP contribution in [0.4, 0.5) is 0 Å². The monoisotopic (exact) mass is 417 g/mol. The minimum Gasteiger partial charge on any atom is -0.507 e. The molecule has 0 amide bonds. The standard InChI is InChI=1S/C23H19N3O5/c1-31-15-8-6-14(7-9-15)10-11-26-13-24-18-12-17(20(23(29)30)25-22(18)26)21(28)16-4-2-3-5-19(16)27/h2-9,12-13,27H,10-11H2,1H3,(H,29,30). The number of ether oxygens (including phenoxy) is 1. The summed E-state index contributed by atoms with van der Waals surface area (Å²) >= 11 is 0. The number of hydrogen-bond donors (Lipinski definition) is 2. The summed E-state index contributed by atoms with van der Waals surface area (Å²) in [6.45, 7) is 0.529. The molecule has 0 radical (unpaired) electrons. The van der Waals surface area contributed by atoms with Gasteiger partial charge in [0.1, 0.15) is 17.0 Å². The zero-order valence-corrected chi connectivity index (χ0v) is 16.6. The molecule has 156 valence electrons. The highest BCUT2D eigenvalue weighted by molar-refractivity contribution is 6.16. The van der Waals surface area contributed by atoms with E-state index in [2.05, 4.69) is 9.97 Å². The van der Waals surface area contributed by atoms with Crippen LogP contribution in [-0.2, 0) is 13.0 Å². The summed E-state index contributed by atoms with van der Waals surface area (Å²) in [4.78, 5) is 33.3. The highest BCUT2D eigenvalue weighted by Gasteiger charge is 2.24. The van der Waals surface area contributed by atoms with E-state index in [1.54, 1.807) is 30.1 Å². The Bertz CT molecular complexity index is 1280. The molecule has 0 fully saturated rings. The lowest BCUT2D eigenvalue weighted by Gasteiger charge is -2.09. The molecule has 0 atom stereocenters. The Morgan fingerprint density at radius 2 is 1.81 bits per heavy atom. The maximum Gasteiger partial charge on any atom is 0.355 e. The van der Waals surface area contributed by atoms with Crippen molar-refractivity contribution in [1.29, 1.82) is 0 Å². The summed E-state index contributed by atoms with van der Waals surface area (Å²) in [5.41, 5.74) is 1.35. The van der Waals surface area contributed by atoms with Crippen LogP contribution < -0.4 is 4.74 Å². The number of carboxylic acid groups (broad SMARTS) is 1. The van der Waals surface area contributed by atoms with Crippen LogP contribution in [0.5, 0.6) is 11.5 Å². The quantitative estimate of drug-likeness (QED) is 0.443. The second kappa shape index (κ2) is 8.27. The molecular formula is C23H19N3O5. The third kappa shape index (κ3) is 3.95. The lowest BCUT2D eigenvalue weighted by atomic mass is 10.0. The number of carbonyl (C=O) groups is 2. The number of aryl methyl sites for hydroxylation is 2. The Morgan fingerprint density at radius 1 is 1.06 bits per heavy atom. The van der Waals surface area contributed by atoms with Gasteiger partial charge in [-0.25, -0.2) is 14.8 Å². The number of fused-ring (bicyclic) bond motifs is 1. The predicted molar refractivity (Wildman–Crippen MR) is 113 cm³/mol. The van der Waals surface area contributed by atoms with E-state index < -0.39 is 11.8 Å². The summed E-state index contributed by atoms with van der Waals surface area (Å²) in [5, 5.41) is 19.6. The number of nitrogens with zero attached hydrogens (tertiary/aromatic N) is 3. The fourth-order valence-electron chi connectivity index (χ4n) is 3.34. The largest absolute Gasteiger partial charge is 0.507 e. The molecule has 8 heteroatoms. The number of carboxylic acids is 1. The van der Waals surface area contributed by atoms with E-state index >= 15 is 0 Å². The number of carbonyl (C=O) groups excluding carboxylic acids is 1. The molecule has 0 saturated heterocycles. The molecule has 2 aromatic heterocycles. The van der Waals surface area contributed by atoms with Gasteiger partial charge in [0.15, 0.2) is 17.1 Å². The highest BCUT2D eigenvalue weighted by Crippen LogP contribution is 2.24. The van der Waals surface area contributed by atoms with E-state index in [1.807, 2.05) is 24.3 Å². The zero-order chi connectivity index (χ0) is 22.0. The fourth-order valence-corrected chi connectivity index (χ4v) is 3.34. The number of aromatic hydroxyl groups is 1. The van der Waals surface area contributed by atoms with Crippen molar-refractivity contribution >= 4 is 22.9 Å². The first-order valence-corrected chi connectivity index (χ1v) is 9.52. The van der Waals surface area contributed by atoms with E-state index in [0.29, 0.717) is 24.1 Å². The first-order chi connectivity index (χ1) is 15.0. The van der Waals surface area contributed by atoms with Gasteiger partial charge in [-0.2, -0.15) is 0 Å². The Labute approximate surface area is 177 Å². The molecule has 0 aliphatic rings. The number of imidazole rings is 1. The van der Waals surface area contributed by atoms with Gasteiger partial charge in [-0.15, -0.1) is 0 Å². The fraction of sp³-hybridized carbons (Fsp3) is 0.130. The van der Waals surface area contributed by atoms with Crippen LogP contribution >= 0.6 is 0 Å². The van der Waals surface area contributed by atoms with Crippen molar-refractivity contribution in [3.05, 3.63) is 83.3 Å². The van der Waals surface area contributed by atoms with Crippen LogP contribution in [0.15, 0.2) is 60.9 Å². The number of hydrogen-bond acceptors (Lipinski definition) is 6. The Morgan fingerprint density at radius 3 is 2.48 bits per heavy atom. The van der Waals surface area contributed by atoms with Gasteiger partial charge in [0, 0.05) is 6.54 Å². The smallest absolute Gasteiger partial charge is 0.355 e. The lowest BCUT2D eigenvalue weighted by molar-refractivity contribution is 0.0686. The normalized spacial score (nSPS) is 10.9. The van der Waals surface area contributed by atoms with Crippen molar-refractivity contribution in [3.63, 3.8) is 0 Å². The van der Waals surface area contributed by atoms with Crippen molar-refractivity contribution in [2.45, 2.75) is 13.0 Å². The molecular weight excluding hydrogens is 398 g/mol. The van der Waals surface area contributed by atoms with E-state index in [0.717, 1.165) is 11.3 Å². The number of aromatic nitrogens is 3. The second-order valence-corrected chi connectivity index (χ2v) is 6.91. The van der Waals surface area contributed by atoms with E-state index in [9.17, 15) is 19.8 Å². The van der Waals surface area contributed by atoms with Gasteiger partial charge in [-0.05, 0) is 42.3 Å². The van der Waals surface area contributed by atoms with Gasteiger partial charge in [0.2, 0.25) is 0 Å². The molecule has 31 heavy (non-hydrogen) atoms. The SMILES string of the molecule is COc1ccc(CCn2cnc3cc(C(=O)c4ccccc4O)c(C(=O)O)nc32)cc1. The second-order valence-electron chi connectivity index (χ2n) is 6.91. The number of ketones is 1.